The van der Waals surface area contributed by atoms with Crippen molar-refractivity contribution in [2.75, 3.05) is 18.1 Å². The highest BCUT2D eigenvalue weighted by molar-refractivity contribution is 5.96. The molecule has 1 aliphatic heterocycles. The Bertz CT molecular complexity index is 491. The van der Waals surface area contributed by atoms with Gasteiger partial charge in [-0.2, -0.15) is 5.26 Å². The molecule has 17 heavy (non-hydrogen) atoms. The number of carbonyl (C=O) groups is 1. The molecule has 1 saturated heterocycles. The monoisotopic (exact) mass is 230 g/mol. The maximum absolute atomic E-state index is 11.9. The van der Waals surface area contributed by atoms with Crippen LogP contribution in [0.2, 0.25) is 0 Å². The predicted octanol–water partition coefficient (Wildman–Crippen LogP) is 1.56. The van der Waals surface area contributed by atoms with Crippen LogP contribution in [0.25, 0.3) is 0 Å². The molecule has 4 heteroatoms. The van der Waals surface area contributed by atoms with Gasteiger partial charge >= 0.3 is 0 Å². The Kier molecular flexibility index (Phi) is 3.12. The molecule has 0 bridgehead atoms. The Morgan fingerprint density at radius 1 is 1.47 bits per heavy atom. The number of hydrogen-bond donors (Lipinski definition) is 0. The van der Waals surface area contributed by atoms with E-state index in [4.69, 9.17) is 10.00 Å². The first-order valence-electron chi connectivity index (χ1n) is 5.50. The van der Waals surface area contributed by atoms with Crippen LogP contribution in [0, 0.1) is 25.2 Å². The molecule has 1 aromatic carbocycles. The minimum Gasteiger partial charge on any atom is -0.368 e. The molecule has 4 nitrogen and oxygen atoms in total. The van der Waals surface area contributed by atoms with Crippen molar-refractivity contribution in [1.82, 2.24) is 0 Å². The summed E-state index contributed by atoms with van der Waals surface area (Å²) in [5.74, 6) is -0.156. The van der Waals surface area contributed by atoms with Crippen LogP contribution in [0.5, 0.6) is 0 Å². The number of ether oxygens (including phenoxy) is 1. The Hall–Kier alpha value is -1.86. The van der Waals surface area contributed by atoms with Gasteiger partial charge in [0.15, 0.2) is 0 Å². The van der Waals surface area contributed by atoms with Gasteiger partial charge in [0.05, 0.1) is 12.7 Å². The Labute approximate surface area is 100 Å². The lowest BCUT2D eigenvalue weighted by molar-refractivity contribution is -0.126. The molecular formula is C13H14N2O2. The predicted molar refractivity (Wildman–Crippen MR) is 63.6 cm³/mol. The number of anilines is 1. The van der Waals surface area contributed by atoms with E-state index in [1.165, 1.54) is 0 Å². The van der Waals surface area contributed by atoms with E-state index in [2.05, 4.69) is 6.07 Å². The first-order chi connectivity index (χ1) is 8.13. The highest BCUT2D eigenvalue weighted by atomic mass is 16.5. The van der Waals surface area contributed by atoms with Crippen LogP contribution in [0.3, 0.4) is 0 Å². The third kappa shape index (κ3) is 2.15. The van der Waals surface area contributed by atoms with Crippen molar-refractivity contribution >= 4 is 11.6 Å². The van der Waals surface area contributed by atoms with Gasteiger partial charge in [-0.25, -0.2) is 0 Å². The van der Waals surface area contributed by atoms with Gasteiger partial charge in [0.2, 0.25) is 0 Å². The van der Waals surface area contributed by atoms with Gasteiger partial charge in [0.25, 0.3) is 5.91 Å². The van der Waals surface area contributed by atoms with E-state index in [1.807, 2.05) is 32.0 Å². The summed E-state index contributed by atoms with van der Waals surface area (Å²) in [6, 6.07) is 7.46. The molecule has 0 saturated carbocycles. The van der Waals surface area contributed by atoms with Gasteiger partial charge < -0.3 is 4.74 Å². The molecule has 0 aromatic heterocycles. The van der Waals surface area contributed by atoms with Crippen LogP contribution in [0.4, 0.5) is 5.69 Å². The van der Waals surface area contributed by atoms with E-state index in [0.29, 0.717) is 0 Å². The van der Waals surface area contributed by atoms with E-state index in [0.717, 1.165) is 16.8 Å². The summed E-state index contributed by atoms with van der Waals surface area (Å²) < 4.78 is 5.09. The zero-order valence-electron chi connectivity index (χ0n) is 9.93. The number of nitriles is 1. The number of rotatable bonds is 1. The van der Waals surface area contributed by atoms with E-state index < -0.39 is 6.04 Å². The van der Waals surface area contributed by atoms with Crippen LogP contribution in [0.15, 0.2) is 18.2 Å². The third-order valence-electron chi connectivity index (χ3n) is 2.85. The number of hydrogen-bond acceptors (Lipinski definition) is 3. The maximum atomic E-state index is 11.9. The first-order valence-corrected chi connectivity index (χ1v) is 5.50. The summed E-state index contributed by atoms with van der Waals surface area (Å²) in [4.78, 5) is 13.4. The van der Waals surface area contributed by atoms with Crippen molar-refractivity contribution in [1.29, 1.82) is 5.26 Å². The summed E-state index contributed by atoms with van der Waals surface area (Å²) >= 11 is 0. The van der Waals surface area contributed by atoms with Crippen LogP contribution in [-0.2, 0) is 9.53 Å². The summed E-state index contributed by atoms with van der Waals surface area (Å²) in [7, 11) is 0. The number of carbonyl (C=O) groups excluding carboxylic acids is 1. The molecule has 0 aliphatic carbocycles. The van der Waals surface area contributed by atoms with Crippen molar-refractivity contribution in [2.24, 2.45) is 0 Å². The Balaban J connectivity index is 2.45. The van der Waals surface area contributed by atoms with Gasteiger partial charge in [0.1, 0.15) is 12.6 Å². The lowest BCUT2D eigenvalue weighted by Crippen LogP contribution is -2.49. The smallest absolute Gasteiger partial charge is 0.254 e. The summed E-state index contributed by atoms with van der Waals surface area (Å²) in [6.07, 6.45) is 0. The zero-order chi connectivity index (χ0) is 12.4. The minimum absolute atomic E-state index is 0.0472. The highest BCUT2D eigenvalue weighted by Crippen LogP contribution is 2.25. The van der Waals surface area contributed by atoms with Crippen molar-refractivity contribution in [2.45, 2.75) is 19.9 Å². The van der Waals surface area contributed by atoms with E-state index >= 15 is 0 Å². The topological polar surface area (TPSA) is 53.3 Å². The van der Waals surface area contributed by atoms with Crippen molar-refractivity contribution in [3.8, 4) is 6.07 Å². The van der Waals surface area contributed by atoms with E-state index in [1.54, 1.807) is 4.90 Å². The highest BCUT2D eigenvalue weighted by Gasteiger charge is 2.30. The second-order valence-corrected chi connectivity index (χ2v) is 4.21. The fourth-order valence-electron chi connectivity index (χ4n) is 1.95. The van der Waals surface area contributed by atoms with Crippen LogP contribution in [-0.4, -0.2) is 25.2 Å². The van der Waals surface area contributed by atoms with Gasteiger partial charge in [0, 0.05) is 5.69 Å². The number of amides is 1. The molecule has 1 aromatic rings. The van der Waals surface area contributed by atoms with Crippen LogP contribution >= 0.6 is 0 Å². The summed E-state index contributed by atoms with van der Waals surface area (Å²) in [5, 5.41) is 9.08. The Morgan fingerprint density at radius 3 is 2.94 bits per heavy atom. The molecule has 0 radical (unpaired) electrons. The average molecular weight is 230 g/mol. The Morgan fingerprint density at radius 2 is 2.24 bits per heavy atom. The molecule has 0 N–H and O–H groups in total. The van der Waals surface area contributed by atoms with Crippen molar-refractivity contribution in [3.05, 3.63) is 29.3 Å². The normalized spacial score (nSPS) is 20.2. The molecule has 1 amide bonds. The SMILES string of the molecule is Cc1ccc(C)c(N2C(=O)COCC2C#N)c1. The van der Waals surface area contributed by atoms with Crippen LogP contribution < -0.4 is 4.90 Å². The summed E-state index contributed by atoms with van der Waals surface area (Å²) in [5.41, 5.74) is 2.87. The van der Waals surface area contributed by atoms with E-state index in [9.17, 15) is 4.79 Å². The lowest BCUT2D eigenvalue weighted by Gasteiger charge is -2.32. The quantitative estimate of drug-likeness (QED) is 0.735. The van der Waals surface area contributed by atoms with Gasteiger partial charge in [-0.15, -0.1) is 0 Å². The number of nitrogens with zero attached hydrogens (tertiary/aromatic N) is 2. The fraction of sp³-hybridized carbons (Fsp3) is 0.385. The molecule has 1 heterocycles. The second-order valence-electron chi connectivity index (χ2n) is 4.21. The second kappa shape index (κ2) is 4.56. The van der Waals surface area contributed by atoms with Crippen molar-refractivity contribution in [3.63, 3.8) is 0 Å². The molecule has 88 valence electrons. The molecular weight excluding hydrogens is 216 g/mol. The number of morpholine rings is 1. The number of aryl methyl sites for hydroxylation is 2. The zero-order valence-corrected chi connectivity index (χ0v) is 9.93. The molecule has 2 rings (SSSR count). The van der Waals surface area contributed by atoms with Gasteiger partial charge in [-0.05, 0) is 31.0 Å². The molecule has 1 unspecified atom stereocenters. The van der Waals surface area contributed by atoms with E-state index in [-0.39, 0.29) is 19.1 Å². The molecule has 1 fully saturated rings. The number of benzene rings is 1. The largest absolute Gasteiger partial charge is 0.368 e. The summed E-state index contributed by atoms with van der Waals surface area (Å²) in [6.45, 7) is 4.22. The molecule has 1 aliphatic rings. The maximum Gasteiger partial charge on any atom is 0.254 e. The molecule has 0 spiro atoms. The third-order valence-corrected chi connectivity index (χ3v) is 2.85. The first kappa shape index (κ1) is 11.6. The van der Waals surface area contributed by atoms with Crippen LogP contribution in [0.1, 0.15) is 11.1 Å². The minimum atomic E-state index is -0.531. The van der Waals surface area contributed by atoms with Gasteiger partial charge in [-0.1, -0.05) is 12.1 Å². The van der Waals surface area contributed by atoms with Gasteiger partial charge in [-0.3, -0.25) is 9.69 Å². The lowest BCUT2D eigenvalue weighted by atomic mass is 10.1. The fourth-order valence-corrected chi connectivity index (χ4v) is 1.95. The average Bonchev–Trinajstić information content (AvgIpc) is 2.32. The molecule has 1 atom stereocenters. The van der Waals surface area contributed by atoms with Crippen molar-refractivity contribution < 1.29 is 9.53 Å². The standard InChI is InChI=1S/C13H14N2O2/c1-9-3-4-10(2)12(5-9)15-11(6-14)7-17-8-13(15)16/h3-5,11H,7-8H2,1-2H3.